The van der Waals surface area contributed by atoms with E-state index in [1.54, 1.807) is 0 Å². The average Bonchev–Trinajstić information content (AvgIpc) is 3.55. The summed E-state index contributed by atoms with van der Waals surface area (Å²) in [5, 5.41) is 17.3. The zero-order valence-corrected chi connectivity index (χ0v) is 26.6. The highest BCUT2D eigenvalue weighted by Gasteiger charge is 2.14. The van der Waals surface area contributed by atoms with Gasteiger partial charge in [-0.2, -0.15) is 0 Å². The highest BCUT2D eigenvalue weighted by atomic mass is 16.3. The van der Waals surface area contributed by atoms with Crippen LogP contribution < -0.4 is 0 Å². The van der Waals surface area contributed by atoms with Gasteiger partial charge in [0.2, 0.25) is 0 Å². The van der Waals surface area contributed by atoms with Gasteiger partial charge >= 0.3 is 0 Å². The van der Waals surface area contributed by atoms with Crippen molar-refractivity contribution >= 4 is 86.6 Å². The van der Waals surface area contributed by atoms with Gasteiger partial charge in [0.15, 0.2) is 0 Å². The molecule has 1 aromatic heterocycles. The van der Waals surface area contributed by atoms with Gasteiger partial charge in [0, 0.05) is 16.2 Å². The maximum Gasteiger partial charge on any atom is 0.143 e. The third-order valence-electron chi connectivity index (χ3n) is 10.6. The van der Waals surface area contributed by atoms with Crippen LogP contribution >= 0.6 is 0 Å². The number of hydrogen-bond acceptors (Lipinski definition) is 1. The first-order valence-electron chi connectivity index (χ1n) is 16.9. The molecule has 1 heterocycles. The Balaban J connectivity index is 1.02. The molecule has 0 fully saturated rings. The van der Waals surface area contributed by atoms with Crippen LogP contribution in [0.1, 0.15) is 0 Å². The Morgan fingerprint density at radius 2 is 0.735 bits per heavy atom. The number of fused-ring (bicyclic) bond motifs is 13. The highest BCUT2D eigenvalue weighted by molar-refractivity contribution is 6.23. The lowest BCUT2D eigenvalue weighted by atomic mass is 9.93. The summed E-state index contributed by atoms with van der Waals surface area (Å²) in [5.41, 5.74) is 6.76. The van der Waals surface area contributed by atoms with E-state index in [0.717, 1.165) is 21.9 Å². The molecule has 0 aliphatic carbocycles. The van der Waals surface area contributed by atoms with Crippen molar-refractivity contribution in [2.75, 3.05) is 0 Å². The van der Waals surface area contributed by atoms with Crippen LogP contribution in [0.15, 0.2) is 174 Å². The minimum Gasteiger partial charge on any atom is -0.455 e. The molecule has 0 amide bonds. The van der Waals surface area contributed by atoms with Gasteiger partial charge < -0.3 is 4.42 Å². The summed E-state index contributed by atoms with van der Waals surface area (Å²) in [6, 6.07) is 62.3. The second kappa shape index (κ2) is 10.0. The number of hydrogen-bond donors (Lipinski definition) is 0. The molecule has 11 aromatic rings. The lowest BCUT2D eigenvalue weighted by Gasteiger charge is -2.11. The minimum absolute atomic E-state index is 0.928. The van der Waals surface area contributed by atoms with Crippen LogP contribution in [0.25, 0.3) is 109 Å². The summed E-state index contributed by atoms with van der Waals surface area (Å²) < 4.78 is 6.49. The predicted octanol–water partition coefficient (Wildman–Crippen LogP) is 13.8. The zero-order valence-electron chi connectivity index (χ0n) is 26.6. The summed E-state index contributed by atoms with van der Waals surface area (Å²) in [6.45, 7) is 0. The molecule has 0 N–H and O–H groups in total. The molecule has 0 bridgehead atoms. The highest BCUT2D eigenvalue weighted by Crippen LogP contribution is 2.40. The third kappa shape index (κ3) is 4.00. The first-order valence-corrected chi connectivity index (χ1v) is 16.9. The largest absolute Gasteiger partial charge is 0.455 e. The summed E-state index contributed by atoms with van der Waals surface area (Å²) in [6.07, 6.45) is 0. The van der Waals surface area contributed by atoms with Crippen molar-refractivity contribution in [1.29, 1.82) is 0 Å². The number of para-hydroxylation sites is 1. The molecule has 0 spiro atoms. The maximum absolute atomic E-state index is 6.49. The molecule has 0 saturated carbocycles. The number of rotatable bonds is 2. The van der Waals surface area contributed by atoms with E-state index in [0.29, 0.717) is 0 Å². The van der Waals surface area contributed by atoms with Gasteiger partial charge in [0.25, 0.3) is 0 Å². The van der Waals surface area contributed by atoms with Crippen LogP contribution in [0, 0.1) is 0 Å². The molecule has 1 heteroatoms. The zero-order chi connectivity index (χ0) is 32.1. The molecule has 0 unspecified atom stereocenters. The Bertz CT molecular complexity index is 3160. The van der Waals surface area contributed by atoms with Gasteiger partial charge in [-0.3, -0.25) is 0 Å². The summed E-state index contributed by atoms with van der Waals surface area (Å²) in [7, 11) is 0. The topological polar surface area (TPSA) is 13.1 Å². The van der Waals surface area contributed by atoms with Gasteiger partial charge in [-0.1, -0.05) is 133 Å². The van der Waals surface area contributed by atoms with Crippen LogP contribution in [0.5, 0.6) is 0 Å². The van der Waals surface area contributed by atoms with Crippen molar-refractivity contribution in [2.45, 2.75) is 0 Å². The van der Waals surface area contributed by atoms with E-state index in [9.17, 15) is 0 Å². The number of furan rings is 1. The van der Waals surface area contributed by atoms with Gasteiger partial charge in [0.05, 0.1) is 0 Å². The van der Waals surface area contributed by atoms with Crippen LogP contribution in [-0.2, 0) is 0 Å². The third-order valence-corrected chi connectivity index (χ3v) is 10.6. The predicted molar refractivity (Wildman–Crippen MR) is 210 cm³/mol. The van der Waals surface area contributed by atoms with Crippen molar-refractivity contribution in [2.24, 2.45) is 0 Å². The van der Waals surface area contributed by atoms with Crippen LogP contribution in [0.3, 0.4) is 0 Å². The first-order chi connectivity index (χ1) is 24.2. The van der Waals surface area contributed by atoms with Crippen molar-refractivity contribution in [3.63, 3.8) is 0 Å². The van der Waals surface area contributed by atoms with Gasteiger partial charge in [-0.25, -0.2) is 0 Å². The van der Waals surface area contributed by atoms with E-state index in [-0.39, 0.29) is 0 Å². The fourth-order valence-electron chi connectivity index (χ4n) is 8.10. The maximum atomic E-state index is 6.49. The van der Waals surface area contributed by atoms with Crippen LogP contribution in [0.2, 0.25) is 0 Å². The summed E-state index contributed by atoms with van der Waals surface area (Å²) >= 11 is 0. The van der Waals surface area contributed by atoms with Gasteiger partial charge in [0.1, 0.15) is 11.2 Å². The standard InChI is InChI=1S/C48H28O/c1-2-6-39-29(5-1)19-23-41-40(39)22-20-30-10-13-37(27-44(30)41)35-17-15-34-26-36(18-16-33(34)25-35)38-14-11-31-9-12-32-21-24-43-42-7-3-4-8-46(42)49-48(43)47(32)45(31)28-38/h1-28H. The molecule has 226 valence electrons. The fraction of sp³-hybridized carbons (Fsp3) is 0. The quantitative estimate of drug-likeness (QED) is 0.175. The van der Waals surface area contributed by atoms with Crippen LogP contribution in [-0.4, -0.2) is 0 Å². The van der Waals surface area contributed by atoms with Gasteiger partial charge in [-0.05, 0) is 118 Å². The average molecular weight is 621 g/mol. The van der Waals surface area contributed by atoms with Crippen molar-refractivity contribution in [3.05, 3.63) is 170 Å². The molecule has 0 saturated heterocycles. The lowest BCUT2D eigenvalue weighted by molar-refractivity contribution is 0.673. The van der Waals surface area contributed by atoms with Crippen molar-refractivity contribution in [1.82, 2.24) is 0 Å². The normalized spacial score (nSPS) is 12.1. The second-order valence-corrected chi connectivity index (χ2v) is 13.3. The molecular formula is C48H28O. The molecule has 0 radical (unpaired) electrons. The SMILES string of the molecule is c1ccc2c(c1)ccc1c3cc(-c4ccc5cc(-c6ccc7ccc8ccc9c%10ccccc%10oc9c8c7c6)ccc5c4)ccc3ccc21. The number of benzene rings is 10. The Hall–Kier alpha value is -6.44. The summed E-state index contributed by atoms with van der Waals surface area (Å²) in [4.78, 5) is 0. The first kappa shape index (κ1) is 26.6. The fourth-order valence-corrected chi connectivity index (χ4v) is 8.10. The van der Waals surface area contributed by atoms with E-state index in [1.807, 2.05) is 6.07 Å². The van der Waals surface area contributed by atoms with E-state index < -0.39 is 0 Å². The molecule has 0 aliphatic rings. The van der Waals surface area contributed by atoms with E-state index in [2.05, 4.69) is 164 Å². The molecular weight excluding hydrogens is 593 g/mol. The Morgan fingerprint density at radius 3 is 1.49 bits per heavy atom. The summed E-state index contributed by atoms with van der Waals surface area (Å²) in [5.74, 6) is 0. The Labute approximate surface area is 282 Å². The second-order valence-electron chi connectivity index (χ2n) is 13.3. The van der Waals surface area contributed by atoms with Crippen LogP contribution in [0.4, 0.5) is 0 Å². The van der Waals surface area contributed by atoms with E-state index in [1.165, 1.54) is 86.9 Å². The minimum atomic E-state index is 0.928. The molecule has 1 nitrogen and oxygen atoms in total. The molecule has 0 aliphatic heterocycles. The van der Waals surface area contributed by atoms with Crippen molar-refractivity contribution < 1.29 is 4.42 Å². The van der Waals surface area contributed by atoms with Gasteiger partial charge in [-0.15, -0.1) is 0 Å². The smallest absolute Gasteiger partial charge is 0.143 e. The monoisotopic (exact) mass is 620 g/mol. The van der Waals surface area contributed by atoms with E-state index >= 15 is 0 Å². The van der Waals surface area contributed by atoms with E-state index in [4.69, 9.17) is 4.42 Å². The molecule has 0 atom stereocenters. The van der Waals surface area contributed by atoms with Crippen molar-refractivity contribution in [3.8, 4) is 22.3 Å². The molecule has 11 rings (SSSR count). The Morgan fingerprint density at radius 1 is 0.265 bits per heavy atom. The molecule has 49 heavy (non-hydrogen) atoms. The molecule has 10 aromatic carbocycles. The lowest BCUT2D eigenvalue weighted by Crippen LogP contribution is -1.85. The Kier molecular flexibility index (Phi) is 5.45.